The summed E-state index contributed by atoms with van der Waals surface area (Å²) in [6.07, 6.45) is 1.05. The normalized spacial score (nSPS) is 15.6. The number of hydrogen-bond donors (Lipinski definition) is 2. The fraction of sp³-hybridized carbons (Fsp3) is 0.263. The highest BCUT2D eigenvalue weighted by molar-refractivity contribution is 7.99. The highest BCUT2D eigenvalue weighted by atomic mass is 32.2. The Bertz CT molecular complexity index is 839. The van der Waals surface area contributed by atoms with E-state index in [4.69, 9.17) is 0 Å². The number of carboxylic acid groups (broad SMARTS) is 2. The quantitative estimate of drug-likeness (QED) is 0.857. The van der Waals surface area contributed by atoms with E-state index in [1.54, 1.807) is 11.8 Å². The minimum Gasteiger partial charge on any atom is -0.478 e. The van der Waals surface area contributed by atoms with Gasteiger partial charge in [0.15, 0.2) is 0 Å². The van der Waals surface area contributed by atoms with Gasteiger partial charge in [-0.15, -0.1) is 11.8 Å². The van der Waals surface area contributed by atoms with Gasteiger partial charge in [0.1, 0.15) is 0 Å². The van der Waals surface area contributed by atoms with E-state index in [0.717, 1.165) is 17.7 Å². The van der Waals surface area contributed by atoms with Gasteiger partial charge in [0.2, 0.25) is 0 Å². The van der Waals surface area contributed by atoms with E-state index in [2.05, 4.69) is 13.8 Å². The van der Waals surface area contributed by atoms with E-state index in [1.807, 2.05) is 18.2 Å². The van der Waals surface area contributed by atoms with Crippen molar-refractivity contribution >= 4 is 23.7 Å². The Kier molecular flexibility index (Phi) is 4.13. The number of carboxylic acids is 2. The Morgan fingerprint density at radius 1 is 1.04 bits per heavy atom. The highest BCUT2D eigenvalue weighted by Gasteiger charge is 2.28. The van der Waals surface area contributed by atoms with Gasteiger partial charge in [-0.2, -0.15) is 0 Å². The molecule has 1 heterocycles. The fourth-order valence-corrected chi connectivity index (χ4v) is 4.49. The topological polar surface area (TPSA) is 74.6 Å². The number of benzene rings is 2. The summed E-state index contributed by atoms with van der Waals surface area (Å²) in [7, 11) is 0. The molecule has 3 rings (SSSR count). The molecule has 0 fully saturated rings. The maximum absolute atomic E-state index is 11.5. The SMILES string of the molecule is CC1(C)CCSc2ccc(-c3cc(C(=O)O)ccc3C(=O)O)cc21. The van der Waals surface area contributed by atoms with Crippen LogP contribution >= 0.6 is 11.8 Å². The number of fused-ring (bicyclic) bond motifs is 1. The molecule has 0 spiro atoms. The van der Waals surface area contributed by atoms with E-state index in [-0.39, 0.29) is 16.5 Å². The maximum atomic E-state index is 11.5. The summed E-state index contributed by atoms with van der Waals surface area (Å²) in [6, 6.07) is 10.0. The molecular formula is C19H18O4S. The van der Waals surface area contributed by atoms with Gasteiger partial charge in [-0.3, -0.25) is 0 Å². The first-order valence-corrected chi connectivity index (χ1v) is 8.66. The number of thioether (sulfide) groups is 1. The minimum absolute atomic E-state index is 0.0182. The smallest absolute Gasteiger partial charge is 0.336 e. The first-order chi connectivity index (χ1) is 11.3. The predicted molar refractivity (Wildman–Crippen MR) is 94.2 cm³/mol. The molecule has 0 amide bonds. The summed E-state index contributed by atoms with van der Waals surface area (Å²) in [5.41, 5.74) is 2.59. The lowest BCUT2D eigenvalue weighted by molar-refractivity contribution is 0.0682. The molecule has 0 bridgehead atoms. The third-order valence-corrected chi connectivity index (χ3v) is 5.58. The van der Waals surface area contributed by atoms with Gasteiger partial charge in [-0.05, 0) is 64.6 Å². The van der Waals surface area contributed by atoms with Crippen LogP contribution in [-0.2, 0) is 5.41 Å². The lowest BCUT2D eigenvalue weighted by Crippen LogP contribution is -2.22. The van der Waals surface area contributed by atoms with E-state index in [9.17, 15) is 19.8 Å². The summed E-state index contributed by atoms with van der Waals surface area (Å²) < 4.78 is 0. The zero-order chi connectivity index (χ0) is 17.5. The average Bonchev–Trinajstić information content (AvgIpc) is 2.53. The zero-order valence-electron chi connectivity index (χ0n) is 13.5. The molecule has 5 heteroatoms. The average molecular weight is 342 g/mol. The van der Waals surface area contributed by atoms with Crippen molar-refractivity contribution < 1.29 is 19.8 Å². The summed E-state index contributed by atoms with van der Waals surface area (Å²) >= 11 is 1.80. The van der Waals surface area contributed by atoms with Crippen LogP contribution in [0.5, 0.6) is 0 Å². The van der Waals surface area contributed by atoms with Gasteiger partial charge in [0, 0.05) is 4.90 Å². The molecule has 0 aliphatic carbocycles. The second-order valence-corrected chi connectivity index (χ2v) is 7.70. The molecular weight excluding hydrogens is 324 g/mol. The monoisotopic (exact) mass is 342 g/mol. The van der Waals surface area contributed by atoms with Crippen molar-refractivity contribution in [2.45, 2.75) is 30.6 Å². The first-order valence-electron chi connectivity index (χ1n) is 7.68. The van der Waals surface area contributed by atoms with Crippen LogP contribution in [0.2, 0.25) is 0 Å². The molecule has 2 N–H and O–H groups in total. The van der Waals surface area contributed by atoms with Crippen molar-refractivity contribution in [1.82, 2.24) is 0 Å². The van der Waals surface area contributed by atoms with Crippen molar-refractivity contribution in [3.05, 3.63) is 53.1 Å². The van der Waals surface area contributed by atoms with Gasteiger partial charge in [-0.25, -0.2) is 9.59 Å². The summed E-state index contributed by atoms with van der Waals surface area (Å²) in [5.74, 6) is -1.07. The van der Waals surface area contributed by atoms with Gasteiger partial charge in [0.05, 0.1) is 11.1 Å². The molecule has 2 aromatic rings. The molecule has 124 valence electrons. The van der Waals surface area contributed by atoms with Crippen LogP contribution < -0.4 is 0 Å². The summed E-state index contributed by atoms with van der Waals surface area (Å²) in [4.78, 5) is 24.0. The molecule has 0 unspecified atom stereocenters. The Morgan fingerprint density at radius 2 is 1.79 bits per heavy atom. The highest BCUT2D eigenvalue weighted by Crippen LogP contribution is 2.43. The van der Waals surface area contributed by atoms with Gasteiger partial charge in [0.25, 0.3) is 0 Å². The van der Waals surface area contributed by atoms with Crippen molar-refractivity contribution in [2.24, 2.45) is 0 Å². The number of rotatable bonds is 3. The third kappa shape index (κ3) is 2.91. The van der Waals surface area contributed by atoms with Crippen molar-refractivity contribution in [3.63, 3.8) is 0 Å². The lowest BCUT2D eigenvalue weighted by Gasteiger charge is -2.32. The van der Waals surface area contributed by atoms with Crippen molar-refractivity contribution in [3.8, 4) is 11.1 Å². The Morgan fingerprint density at radius 3 is 2.46 bits per heavy atom. The summed E-state index contributed by atoms with van der Waals surface area (Å²) in [6.45, 7) is 4.36. The number of aromatic carboxylic acids is 2. The third-order valence-electron chi connectivity index (χ3n) is 4.50. The van der Waals surface area contributed by atoms with E-state index in [1.165, 1.54) is 28.7 Å². The van der Waals surface area contributed by atoms with Crippen LogP contribution in [0.15, 0.2) is 41.3 Å². The predicted octanol–water partition coefficient (Wildman–Crippen LogP) is 4.52. The first kappa shape index (κ1) is 16.6. The molecule has 1 aliphatic heterocycles. The Balaban J connectivity index is 2.20. The zero-order valence-corrected chi connectivity index (χ0v) is 14.3. The standard InChI is InChI=1S/C19H18O4S/c1-19(2)7-8-24-16-6-4-11(10-15(16)19)14-9-12(17(20)21)3-5-13(14)18(22)23/h3-6,9-10H,7-8H2,1-2H3,(H,20,21)(H,22,23). The van der Waals surface area contributed by atoms with Gasteiger partial charge < -0.3 is 10.2 Å². The van der Waals surface area contributed by atoms with Crippen LogP contribution in [0, 0.1) is 0 Å². The van der Waals surface area contributed by atoms with E-state index < -0.39 is 11.9 Å². The van der Waals surface area contributed by atoms with E-state index >= 15 is 0 Å². The van der Waals surface area contributed by atoms with Crippen LogP contribution in [-0.4, -0.2) is 27.9 Å². The lowest BCUT2D eigenvalue weighted by atomic mass is 9.80. The summed E-state index contributed by atoms with van der Waals surface area (Å²) in [5, 5.41) is 18.7. The minimum atomic E-state index is -1.07. The van der Waals surface area contributed by atoms with Crippen molar-refractivity contribution in [1.29, 1.82) is 0 Å². The molecule has 0 aromatic heterocycles. The molecule has 0 radical (unpaired) electrons. The molecule has 1 aliphatic rings. The maximum Gasteiger partial charge on any atom is 0.336 e. The molecule has 0 saturated carbocycles. The van der Waals surface area contributed by atoms with Gasteiger partial charge >= 0.3 is 11.9 Å². The Labute approximate surface area is 144 Å². The van der Waals surface area contributed by atoms with Crippen LogP contribution in [0.4, 0.5) is 0 Å². The van der Waals surface area contributed by atoms with Gasteiger partial charge in [-0.1, -0.05) is 19.9 Å². The molecule has 2 aromatic carbocycles. The van der Waals surface area contributed by atoms with Crippen LogP contribution in [0.25, 0.3) is 11.1 Å². The number of carbonyl (C=O) groups is 2. The second kappa shape index (κ2) is 5.98. The largest absolute Gasteiger partial charge is 0.478 e. The van der Waals surface area contributed by atoms with Crippen LogP contribution in [0.1, 0.15) is 46.5 Å². The van der Waals surface area contributed by atoms with E-state index in [0.29, 0.717) is 5.56 Å². The second-order valence-electron chi connectivity index (χ2n) is 6.56. The molecule has 24 heavy (non-hydrogen) atoms. The molecule has 4 nitrogen and oxygen atoms in total. The molecule has 0 atom stereocenters. The number of hydrogen-bond acceptors (Lipinski definition) is 3. The van der Waals surface area contributed by atoms with Crippen molar-refractivity contribution in [2.75, 3.05) is 5.75 Å². The molecule has 0 saturated heterocycles. The fourth-order valence-electron chi connectivity index (χ4n) is 3.01. The Hall–Kier alpha value is -2.27. The van der Waals surface area contributed by atoms with Crippen LogP contribution in [0.3, 0.4) is 0 Å².